The van der Waals surface area contributed by atoms with Gasteiger partial charge in [0.15, 0.2) is 0 Å². The lowest BCUT2D eigenvalue weighted by Crippen LogP contribution is -2.38. The smallest absolute Gasteiger partial charge is 0.248 e. The van der Waals surface area contributed by atoms with Gasteiger partial charge in [0.2, 0.25) is 5.92 Å². The van der Waals surface area contributed by atoms with Crippen molar-refractivity contribution in [3.05, 3.63) is 29.3 Å². The number of ether oxygens (including phenoxy) is 1. The fourth-order valence-electron chi connectivity index (χ4n) is 2.07. The molecule has 1 fully saturated rings. The predicted octanol–water partition coefficient (Wildman–Crippen LogP) is 3.73. The third kappa shape index (κ3) is 2.52. The third-order valence-corrected chi connectivity index (χ3v) is 2.98. The van der Waals surface area contributed by atoms with Gasteiger partial charge in [0.05, 0.1) is 6.61 Å². The van der Waals surface area contributed by atoms with Gasteiger partial charge in [-0.1, -0.05) is 17.7 Å². The van der Waals surface area contributed by atoms with Gasteiger partial charge < -0.3 is 4.74 Å². The monoisotopic (exact) mass is 226 g/mol. The van der Waals surface area contributed by atoms with Crippen LogP contribution in [-0.4, -0.2) is 12.5 Å². The number of rotatable bonds is 3. The third-order valence-electron chi connectivity index (χ3n) is 2.98. The maximum Gasteiger partial charge on any atom is 0.248 e. The summed E-state index contributed by atoms with van der Waals surface area (Å²) in [5.41, 5.74) is 2.24. The van der Waals surface area contributed by atoms with Crippen LogP contribution in [0.5, 0.6) is 5.75 Å². The highest BCUT2D eigenvalue weighted by Gasteiger charge is 2.45. The molecule has 3 heteroatoms. The van der Waals surface area contributed by atoms with Crippen LogP contribution in [-0.2, 0) is 0 Å². The Kier molecular flexibility index (Phi) is 2.87. The first-order valence-electron chi connectivity index (χ1n) is 5.54. The molecule has 88 valence electrons. The minimum absolute atomic E-state index is 0.00991. The van der Waals surface area contributed by atoms with Crippen LogP contribution >= 0.6 is 0 Å². The van der Waals surface area contributed by atoms with Gasteiger partial charge in [0.25, 0.3) is 0 Å². The van der Waals surface area contributed by atoms with Gasteiger partial charge in [0.1, 0.15) is 5.75 Å². The van der Waals surface area contributed by atoms with Gasteiger partial charge in [-0.3, -0.25) is 0 Å². The van der Waals surface area contributed by atoms with E-state index in [-0.39, 0.29) is 18.8 Å². The standard InChI is InChI=1S/C13H16F2O/c1-9-3-4-12(10(2)5-9)16-8-11-6-13(14,15)7-11/h3-5,11H,6-8H2,1-2H3. The molecule has 16 heavy (non-hydrogen) atoms. The lowest BCUT2D eigenvalue weighted by molar-refractivity contribution is -0.119. The van der Waals surface area contributed by atoms with Crippen molar-refractivity contribution in [1.82, 2.24) is 0 Å². The summed E-state index contributed by atoms with van der Waals surface area (Å²) in [6, 6.07) is 5.91. The Morgan fingerprint density at radius 3 is 2.56 bits per heavy atom. The lowest BCUT2D eigenvalue weighted by atomic mass is 9.82. The summed E-state index contributed by atoms with van der Waals surface area (Å²) >= 11 is 0. The normalized spacial score (nSPS) is 19.2. The van der Waals surface area contributed by atoms with Crippen LogP contribution in [0.4, 0.5) is 8.78 Å². The predicted molar refractivity (Wildman–Crippen MR) is 59.1 cm³/mol. The Balaban J connectivity index is 1.86. The summed E-state index contributed by atoms with van der Waals surface area (Å²) in [6.45, 7) is 4.39. The molecule has 0 unspecified atom stereocenters. The van der Waals surface area contributed by atoms with Crippen molar-refractivity contribution in [3.8, 4) is 5.75 Å². The summed E-state index contributed by atoms with van der Waals surface area (Å²) in [5, 5.41) is 0. The Bertz CT molecular complexity index is 380. The molecule has 0 aliphatic heterocycles. The molecule has 0 saturated heterocycles. The summed E-state index contributed by atoms with van der Waals surface area (Å²) in [6.07, 6.45) is -0.0597. The van der Waals surface area contributed by atoms with E-state index in [4.69, 9.17) is 4.74 Å². The Morgan fingerprint density at radius 1 is 1.31 bits per heavy atom. The van der Waals surface area contributed by atoms with Crippen LogP contribution in [0.1, 0.15) is 24.0 Å². The van der Waals surface area contributed by atoms with E-state index < -0.39 is 5.92 Å². The first-order chi connectivity index (χ1) is 7.46. The van der Waals surface area contributed by atoms with E-state index in [1.807, 2.05) is 32.0 Å². The van der Waals surface area contributed by atoms with E-state index in [0.717, 1.165) is 11.3 Å². The number of alkyl halides is 2. The molecule has 2 rings (SSSR count). The summed E-state index contributed by atoms with van der Waals surface area (Å²) in [7, 11) is 0. The minimum Gasteiger partial charge on any atom is -0.493 e. The average molecular weight is 226 g/mol. The van der Waals surface area contributed by atoms with E-state index in [0.29, 0.717) is 6.61 Å². The number of benzene rings is 1. The van der Waals surface area contributed by atoms with Gasteiger partial charge in [-0.25, -0.2) is 8.78 Å². The van der Waals surface area contributed by atoms with Crippen LogP contribution in [0.15, 0.2) is 18.2 Å². The highest BCUT2D eigenvalue weighted by Crippen LogP contribution is 2.42. The van der Waals surface area contributed by atoms with Crippen molar-refractivity contribution >= 4 is 0 Å². The largest absolute Gasteiger partial charge is 0.493 e. The van der Waals surface area contributed by atoms with E-state index >= 15 is 0 Å². The van der Waals surface area contributed by atoms with Crippen molar-refractivity contribution in [2.75, 3.05) is 6.61 Å². The van der Waals surface area contributed by atoms with Crippen molar-refractivity contribution in [3.63, 3.8) is 0 Å². The maximum absolute atomic E-state index is 12.6. The maximum atomic E-state index is 12.6. The number of hydrogen-bond acceptors (Lipinski definition) is 1. The molecule has 0 aromatic heterocycles. The zero-order chi connectivity index (χ0) is 11.8. The summed E-state index contributed by atoms with van der Waals surface area (Å²) in [5.74, 6) is -1.63. The average Bonchev–Trinajstić information content (AvgIpc) is 2.13. The molecule has 0 spiro atoms. The van der Waals surface area contributed by atoms with Crippen molar-refractivity contribution in [1.29, 1.82) is 0 Å². The summed E-state index contributed by atoms with van der Waals surface area (Å²) < 4.78 is 30.7. The molecule has 1 saturated carbocycles. The molecule has 1 aliphatic rings. The number of hydrogen-bond donors (Lipinski definition) is 0. The quantitative estimate of drug-likeness (QED) is 0.763. The molecule has 1 aromatic carbocycles. The molecule has 1 nitrogen and oxygen atoms in total. The molecular weight excluding hydrogens is 210 g/mol. The SMILES string of the molecule is Cc1ccc(OCC2CC(F)(F)C2)c(C)c1. The van der Waals surface area contributed by atoms with Crippen LogP contribution in [0.2, 0.25) is 0 Å². The van der Waals surface area contributed by atoms with Crippen LogP contribution < -0.4 is 4.74 Å². The van der Waals surface area contributed by atoms with Gasteiger partial charge in [0, 0.05) is 18.8 Å². The van der Waals surface area contributed by atoms with E-state index in [2.05, 4.69) is 0 Å². The zero-order valence-electron chi connectivity index (χ0n) is 9.59. The molecule has 0 atom stereocenters. The fraction of sp³-hybridized carbons (Fsp3) is 0.538. The highest BCUT2D eigenvalue weighted by molar-refractivity contribution is 5.35. The minimum atomic E-state index is -2.45. The van der Waals surface area contributed by atoms with E-state index in [9.17, 15) is 8.78 Å². The zero-order valence-corrected chi connectivity index (χ0v) is 9.59. The van der Waals surface area contributed by atoms with Crippen molar-refractivity contribution in [2.45, 2.75) is 32.6 Å². The van der Waals surface area contributed by atoms with Gasteiger partial charge in [-0.15, -0.1) is 0 Å². The lowest BCUT2D eigenvalue weighted by Gasteiger charge is -2.34. The molecule has 0 N–H and O–H groups in total. The molecule has 1 aromatic rings. The van der Waals surface area contributed by atoms with Crippen LogP contribution in [0.3, 0.4) is 0 Å². The second kappa shape index (κ2) is 4.04. The molecule has 0 amide bonds. The van der Waals surface area contributed by atoms with Crippen LogP contribution in [0, 0.1) is 19.8 Å². The molecule has 0 heterocycles. The molecule has 0 radical (unpaired) electrons. The Labute approximate surface area is 94.4 Å². The van der Waals surface area contributed by atoms with Gasteiger partial charge in [-0.05, 0) is 25.5 Å². The molecular formula is C13H16F2O. The topological polar surface area (TPSA) is 9.23 Å². The Morgan fingerprint density at radius 2 is 2.00 bits per heavy atom. The first-order valence-corrected chi connectivity index (χ1v) is 5.54. The van der Waals surface area contributed by atoms with E-state index in [1.165, 1.54) is 5.56 Å². The fourth-order valence-corrected chi connectivity index (χ4v) is 2.07. The van der Waals surface area contributed by atoms with Gasteiger partial charge >= 0.3 is 0 Å². The van der Waals surface area contributed by atoms with E-state index in [1.54, 1.807) is 0 Å². The number of aryl methyl sites for hydroxylation is 2. The number of halogens is 2. The van der Waals surface area contributed by atoms with Crippen LogP contribution in [0.25, 0.3) is 0 Å². The molecule has 1 aliphatic carbocycles. The van der Waals surface area contributed by atoms with Crippen molar-refractivity contribution < 1.29 is 13.5 Å². The second-order valence-electron chi connectivity index (χ2n) is 4.71. The van der Waals surface area contributed by atoms with Crippen molar-refractivity contribution in [2.24, 2.45) is 5.92 Å². The summed E-state index contributed by atoms with van der Waals surface area (Å²) in [4.78, 5) is 0. The highest BCUT2D eigenvalue weighted by atomic mass is 19.3. The second-order valence-corrected chi connectivity index (χ2v) is 4.71. The first kappa shape index (κ1) is 11.4. The molecule has 0 bridgehead atoms. The van der Waals surface area contributed by atoms with Gasteiger partial charge in [-0.2, -0.15) is 0 Å². The Hall–Kier alpha value is -1.12.